The van der Waals surface area contributed by atoms with Crippen LogP contribution >= 0.6 is 11.8 Å². The van der Waals surface area contributed by atoms with E-state index >= 15 is 0 Å². The van der Waals surface area contributed by atoms with E-state index in [4.69, 9.17) is 4.74 Å². The second-order valence-electron chi connectivity index (χ2n) is 7.12. The topological polar surface area (TPSA) is 29.5 Å². The maximum absolute atomic E-state index is 10.2. The standard InChI is InChI=1S/C20H24O2S/c1-11-7-8-16(21)17(9-11)23-19-13(3)12(2)18-15(14(19)4)10-20(5,6)22-18/h7-9,21H,10H2,1-6H3. The Labute approximate surface area is 142 Å². The number of fused-ring (bicyclic) bond motifs is 1. The van der Waals surface area contributed by atoms with Gasteiger partial charge in [-0.05, 0) is 75.9 Å². The Balaban J connectivity index is 2.11. The molecule has 1 aliphatic rings. The first-order valence-electron chi connectivity index (χ1n) is 7.99. The van der Waals surface area contributed by atoms with Crippen LogP contribution in [0.5, 0.6) is 11.5 Å². The van der Waals surface area contributed by atoms with Gasteiger partial charge >= 0.3 is 0 Å². The van der Waals surface area contributed by atoms with E-state index in [0.29, 0.717) is 5.75 Å². The smallest absolute Gasteiger partial charge is 0.129 e. The third-order valence-electron chi connectivity index (χ3n) is 4.62. The number of hydrogen-bond donors (Lipinski definition) is 1. The van der Waals surface area contributed by atoms with E-state index in [1.54, 1.807) is 17.8 Å². The Kier molecular flexibility index (Phi) is 3.88. The quantitative estimate of drug-likeness (QED) is 0.790. The van der Waals surface area contributed by atoms with E-state index in [1.807, 2.05) is 19.1 Å². The molecule has 3 heteroatoms. The predicted molar refractivity (Wildman–Crippen MR) is 96.0 cm³/mol. The van der Waals surface area contributed by atoms with Gasteiger partial charge in [0.05, 0.1) is 4.90 Å². The molecule has 0 spiro atoms. The summed E-state index contributed by atoms with van der Waals surface area (Å²) in [5, 5.41) is 10.2. The molecule has 2 nitrogen and oxygen atoms in total. The summed E-state index contributed by atoms with van der Waals surface area (Å²) in [4.78, 5) is 2.15. The highest BCUT2D eigenvalue weighted by Crippen LogP contribution is 2.47. The minimum absolute atomic E-state index is 0.140. The average Bonchev–Trinajstić information content (AvgIpc) is 2.81. The first-order valence-corrected chi connectivity index (χ1v) is 8.80. The van der Waals surface area contributed by atoms with Gasteiger partial charge in [-0.25, -0.2) is 0 Å². The predicted octanol–water partition coefficient (Wildman–Crippen LogP) is 5.49. The lowest BCUT2D eigenvalue weighted by Gasteiger charge is -2.19. The molecule has 0 fully saturated rings. The van der Waals surface area contributed by atoms with E-state index in [-0.39, 0.29) is 5.60 Å². The van der Waals surface area contributed by atoms with E-state index in [1.165, 1.54) is 27.1 Å². The second-order valence-corrected chi connectivity index (χ2v) is 8.18. The largest absolute Gasteiger partial charge is 0.507 e. The van der Waals surface area contributed by atoms with Crippen LogP contribution < -0.4 is 4.74 Å². The summed E-state index contributed by atoms with van der Waals surface area (Å²) in [5.41, 5.74) is 6.06. The van der Waals surface area contributed by atoms with Crippen molar-refractivity contribution < 1.29 is 9.84 Å². The lowest BCUT2D eigenvalue weighted by Crippen LogP contribution is -2.24. The van der Waals surface area contributed by atoms with Crippen molar-refractivity contribution in [3.8, 4) is 11.5 Å². The molecule has 2 aromatic rings. The van der Waals surface area contributed by atoms with Crippen molar-refractivity contribution in [2.75, 3.05) is 0 Å². The summed E-state index contributed by atoms with van der Waals surface area (Å²) >= 11 is 1.66. The molecule has 0 radical (unpaired) electrons. The van der Waals surface area contributed by atoms with Crippen molar-refractivity contribution in [1.29, 1.82) is 0 Å². The molecule has 0 unspecified atom stereocenters. The van der Waals surface area contributed by atoms with Gasteiger partial charge < -0.3 is 9.84 Å². The number of ether oxygens (including phenoxy) is 1. The van der Waals surface area contributed by atoms with Crippen LogP contribution in [0.3, 0.4) is 0 Å². The summed E-state index contributed by atoms with van der Waals surface area (Å²) in [6.45, 7) is 12.8. The third-order valence-corrected chi connectivity index (χ3v) is 5.98. The number of aromatic hydroxyl groups is 1. The summed E-state index contributed by atoms with van der Waals surface area (Å²) in [6, 6.07) is 5.75. The van der Waals surface area contributed by atoms with Crippen molar-refractivity contribution in [3.05, 3.63) is 46.0 Å². The van der Waals surface area contributed by atoms with Crippen LogP contribution in [0.2, 0.25) is 0 Å². The number of rotatable bonds is 2. The van der Waals surface area contributed by atoms with Gasteiger partial charge in [-0.1, -0.05) is 17.8 Å². The van der Waals surface area contributed by atoms with Crippen molar-refractivity contribution in [3.63, 3.8) is 0 Å². The second kappa shape index (κ2) is 5.48. The first kappa shape index (κ1) is 16.3. The summed E-state index contributed by atoms with van der Waals surface area (Å²) in [7, 11) is 0. The van der Waals surface area contributed by atoms with Crippen LogP contribution in [-0.4, -0.2) is 10.7 Å². The number of phenols is 1. The monoisotopic (exact) mass is 328 g/mol. The van der Waals surface area contributed by atoms with Crippen LogP contribution in [0.4, 0.5) is 0 Å². The minimum Gasteiger partial charge on any atom is -0.507 e. The van der Waals surface area contributed by atoms with E-state index < -0.39 is 0 Å². The molecule has 23 heavy (non-hydrogen) atoms. The molecule has 0 aliphatic carbocycles. The minimum atomic E-state index is -0.140. The van der Waals surface area contributed by atoms with Crippen molar-refractivity contribution >= 4 is 11.8 Å². The Hall–Kier alpha value is -1.61. The molecule has 3 rings (SSSR count). The van der Waals surface area contributed by atoms with Crippen LogP contribution in [-0.2, 0) is 6.42 Å². The van der Waals surface area contributed by atoms with Crippen LogP contribution in [0.15, 0.2) is 28.0 Å². The van der Waals surface area contributed by atoms with Gasteiger partial charge in [0, 0.05) is 16.9 Å². The number of phenolic OH excluding ortho intramolecular Hbond substituents is 1. The molecule has 0 amide bonds. The molecule has 1 N–H and O–H groups in total. The molecule has 0 saturated heterocycles. The highest BCUT2D eigenvalue weighted by molar-refractivity contribution is 7.99. The van der Waals surface area contributed by atoms with Gasteiger partial charge in [0.25, 0.3) is 0 Å². The Morgan fingerprint density at radius 1 is 1.04 bits per heavy atom. The Bertz CT molecular complexity index is 791. The maximum atomic E-state index is 10.2. The van der Waals surface area contributed by atoms with E-state index in [0.717, 1.165) is 22.6 Å². The zero-order valence-corrected chi connectivity index (χ0v) is 15.5. The highest BCUT2D eigenvalue weighted by atomic mass is 32.2. The molecule has 0 saturated carbocycles. The van der Waals surface area contributed by atoms with Gasteiger partial charge in [-0.2, -0.15) is 0 Å². The van der Waals surface area contributed by atoms with Gasteiger partial charge in [0.1, 0.15) is 17.1 Å². The fourth-order valence-electron chi connectivity index (χ4n) is 3.21. The Morgan fingerprint density at radius 3 is 2.43 bits per heavy atom. The summed E-state index contributed by atoms with van der Waals surface area (Å²) in [5.74, 6) is 1.40. The lowest BCUT2D eigenvalue weighted by molar-refractivity contribution is 0.137. The molecule has 0 aromatic heterocycles. The Morgan fingerprint density at radius 2 is 1.74 bits per heavy atom. The maximum Gasteiger partial charge on any atom is 0.129 e. The SMILES string of the molecule is Cc1ccc(O)c(Sc2c(C)c(C)c3c(c2C)CC(C)(C)O3)c1. The fraction of sp³-hybridized carbons (Fsp3) is 0.400. The van der Waals surface area contributed by atoms with E-state index in [9.17, 15) is 5.11 Å². The number of hydrogen-bond acceptors (Lipinski definition) is 3. The number of aryl methyl sites for hydroxylation is 1. The molecule has 1 heterocycles. The fourth-order valence-corrected chi connectivity index (χ4v) is 4.43. The number of benzene rings is 2. The lowest BCUT2D eigenvalue weighted by atomic mass is 9.94. The third kappa shape index (κ3) is 2.83. The van der Waals surface area contributed by atoms with E-state index in [2.05, 4.69) is 34.6 Å². The van der Waals surface area contributed by atoms with Gasteiger partial charge in [0.2, 0.25) is 0 Å². The molecule has 122 valence electrons. The zero-order valence-electron chi connectivity index (χ0n) is 14.7. The van der Waals surface area contributed by atoms with Crippen molar-refractivity contribution in [1.82, 2.24) is 0 Å². The summed E-state index contributed by atoms with van der Waals surface area (Å²) in [6.07, 6.45) is 0.933. The van der Waals surface area contributed by atoms with Crippen molar-refractivity contribution in [2.45, 2.75) is 63.4 Å². The van der Waals surface area contributed by atoms with Gasteiger partial charge in [-0.3, -0.25) is 0 Å². The highest BCUT2D eigenvalue weighted by Gasteiger charge is 2.34. The van der Waals surface area contributed by atoms with Crippen molar-refractivity contribution in [2.24, 2.45) is 0 Å². The summed E-state index contributed by atoms with van der Waals surface area (Å²) < 4.78 is 6.18. The molecule has 2 aromatic carbocycles. The molecule has 1 aliphatic heterocycles. The first-order chi connectivity index (χ1) is 10.7. The van der Waals surface area contributed by atoms with Crippen LogP contribution in [0.1, 0.15) is 41.7 Å². The van der Waals surface area contributed by atoms with Crippen LogP contribution in [0, 0.1) is 27.7 Å². The molecule has 0 atom stereocenters. The van der Waals surface area contributed by atoms with Crippen LogP contribution in [0.25, 0.3) is 0 Å². The normalized spacial score (nSPS) is 15.4. The zero-order chi connectivity index (χ0) is 16.9. The molecular formula is C20H24O2S. The molecule has 0 bridgehead atoms. The average molecular weight is 328 g/mol. The van der Waals surface area contributed by atoms with Gasteiger partial charge in [-0.15, -0.1) is 0 Å². The molecular weight excluding hydrogens is 304 g/mol. The van der Waals surface area contributed by atoms with Gasteiger partial charge in [0.15, 0.2) is 0 Å².